The van der Waals surface area contributed by atoms with Crippen molar-refractivity contribution in [3.05, 3.63) is 73.1 Å². The molecule has 4 aromatic heterocycles. The zero-order valence-corrected chi connectivity index (χ0v) is 26.9. The Morgan fingerprint density at radius 2 is 1.21 bits per heavy atom. The lowest BCUT2D eigenvalue weighted by Crippen LogP contribution is -2.23. The first-order chi connectivity index (χ1) is 22.7. The van der Waals surface area contributed by atoms with Gasteiger partial charge in [-0.05, 0) is 56.2 Å². The molecule has 2 saturated carbocycles. The SMILES string of the molecule is C.CSc1nccc(-n2nnc3ccccc32)n1.NC1CCCCC1.c1ccc2c(c1)nnn2-c1ccnc(NC2CCCCC2)n1. The molecule has 47 heavy (non-hydrogen) atoms. The van der Waals surface area contributed by atoms with Crippen molar-refractivity contribution >= 4 is 39.8 Å². The highest BCUT2D eigenvalue weighted by atomic mass is 32.2. The van der Waals surface area contributed by atoms with Crippen LogP contribution in [0.2, 0.25) is 0 Å². The molecule has 2 fully saturated rings. The smallest absolute Gasteiger partial charge is 0.224 e. The topological polar surface area (TPSA) is 151 Å². The molecule has 3 N–H and O–H groups in total. The van der Waals surface area contributed by atoms with E-state index in [0.717, 1.165) is 38.9 Å². The van der Waals surface area contributed by atoms with Crippen molar-refractivity contribution < 1.29 is 0 Å². The first-order valence-corrected chi connectivity index (χ1v) is 17.2. The van der Waals surface area contributed by atoms with E-state index in [1.165, 1.54) is 76.0 Å². The van der Waals surface area contributed by atoms with Gasteiger partial charge in [0.2, 0.25) is 5.95 Å². The molecule has 2 aliphatic carbocycles. The van der Waals surface area contributed by atoms with E-state index in [9.17, 15) is 0 Å². The molecule has 8 rings (SSSR count). The van der Waals surface area contributed by atoms with E-state index in [2.05, 4.69) is 45.9 Å². The molecule has 0 aliphatic heterocycles. The fourth-order valence-corrected chi connectivity index (χ4v) is 6.08. The van der Waals surface area contributed by atoms with Crippen molar-refractivity contribution in [1.29, 1.82) is 0 Å². The number of fused-ring (bicyclic) bond motifs is 2. The Morgan fingerprint density at radius 1 is 0.681 bits per heavy atom. The number of nitrogens with zero attached hydrogens (tertiary/aromatic N) is 10. The third-order valence-electron chi connectivity index (χ3n) is 8.17. The molecule has 0 atom stereocenters. The zero-order valence-electron chi connectivity index (χ0n) is 26.1. The third kappa shape index (κ3) is 8.86. The minimum atomic E-state index is 0. The molecule has 6 aromatic rings. The summed E-state index contributed by atoms with van der Waals surface area (Å²) >= 11 is 1.50. The Balaban J connectivity index is 0.000000154. The van der Waals surface area contributed by atoms with Gasteiger partial charge in [-0.15, -0.1) is 10.2 Å². The maximum absolute atomic E-state index is 5.63. The summed E-state index contributed by atoms with van der Waals surface area (Å²) < 4.78 is 3.47. The van der Waals surface area contributed by atoms with Crippen molar-refractivity contribution in [2.24, 2.45) is 5.73 Å². The normalized spacial score (nSPS) is 15.2. The highest BCUT2D eigenvalue weighted by molar-refractivity contribution is 7.98. The molecule has 0 saturated heterocycles. The highest BCUT2D eigenvalue weighted by Crippen LogP contribution is 2.21. The number of hydrogen-bond acceptors (Lipinski definition) is 11. The van der Waals surface area contributed by atoms with Crippen molar-refractivity contribution in [1.82, 2.24) is 49.9 Å². The molecule has 2 aliphatic rings. The lowest BCUT2D eigenvalue weighted by Gasteiger charge is -2.22. The number of nitrogens with one attached hydrogen (secondary N) is 1. The second-order valence-corrected chi connectivity index (χ2v) is 12.3. The number of hydrogen-bond donors (Lipinski definition) is 2. The van der Waals surface area contributed by atoms with Crippen LogP contribution in [-0.2, 0) is 0 Å². The zero-order chi connectivity index (χ0) is 31.6. The van der Waals surface area contributed by atoms with Gasteiger partial charge in [0.15, 0.2) is 16.8 Å². The van der Waals surface area contributed by atoms with Crippen LogP contribution in [0.15, 0.2) is 78.2 Å². The number of anilines is 1. The molecule has 0 unspecified atom stereocenters. The van der Waals surface area contributed by atoms with Crippen LogP contribution in [0.4, 0.5) is 5.95 Å². The molecule has 12 nitrogen and oxygen atoms in total. The first-order valence-electron chi connectivity index (χ1n) is 16.0. The molecule has 13 heteroatoms. The van der Waals surface area contributed by atoms with E-state index in [1.807, 2.05) is 66.9 Å². The van der Waals surface area contributed by atoms with Gasteiger partial charge in [-0.1, -0.05) is 92.4 Å². The predicted molar refractivity (Wildman–Crippen MR) is 189 cm³/mol. The van der Waals surface area contributed by atoms with Crippen molar-refractivity contribution in [3.8, 4) is 11.6 Å². The summed E-state index contributed by atoms with van der Waals surface area (Å²) in [6, 6.07) is 20.4. The van der Waals surface area contributed by atoms with E-state index in [-0.39, 0.29) is 7.43 Å². The standard InChI is InChI=1S/C16H18N6.C11H9N5S.C6H13N.CH4/c1-2-6-12(7-3-1)18-16-17-11-10-15(19-16)22-14-9-5-4-8-13(14)20-21-22;1-17-11-12-7-6-10(13-11)16-9-5-3-2-4-8(9)14-15-16;7-6-4-2-1-3-5-6;/h4-5,8-12H,1-3,6-7H2,(H,17,18,19);2-7H,1H3;6H,1-5,7H2;1H4. The Bertz CT molecular complexity index is 1820. The van der Waals surface area contributed by atoms with Gasteiger partial charge in [0.1, 0.15) is 11.0 Å². The molecular formula is C34H44N12S. The van der Waals surface area contributed by atoms with Crippen LogP contribution in [0.1, 0.15) is 71.6 Å². The van der Waals surface area contributed by atoms with E-state index in [0.29, 0.717) is 18.0 Å². The molecule has 0 spiro atoms. The van der Waals surface area contributed by atoms with Crippen LogP contribution >= 0.6 is 11.8 Å². The molecule has 4 heterocycles. The number of aromatic nitrogens is 10. The molecule has 246 valence electrons. The van der Waals surface area contributed by atoms with Gasteiger partial charge in [-0.2, -0.15) is 14.3 Å². The van der Waals surface area contributed by atoms with E-state index < -0.39 is 0 Å². The molecule has 0 bridgehead atoms. The van der Waals surface area contributed by atoms with Gasteiger partial charge in [0.05, 0.1) is 11.0 Å². The molecular weight excluding hydrogens is 609 g/mol. The van der Waals surface area contributed by atoms with E-state index in [4.69, 9.17) is 5.73 Å². The number of para-hydroxylation sites is 2. The summed E-state index contributed by atoms with van der Waals surface area (Å²) in [6.07, 6.45) is 18.4. The monoisotopic (exact) mass is 652 g/mol. The summed E-state index contributed by atoms with van der Waals surface area (Å²) in [7, 11) is 0. The van der Waals surface area contributed by atoms with Crippen LogP contribution < -0.4 is 11.1 Å². The lowest BCUT2D eigenvalue weighted by molar-refractivity contribution is 0.441. The van der Waals surface area contributed by atoms with Crippen molar-refractivity contribution in [2.45, 2.75) is 88.9 Å². The number of rotatable bonds is 5. The minimum absolute atomic E-state index is 0. The minimum Gasteiger partial charge on any atom is -0.351 e. The average molecular weight is 653 g/mol. The Hall–Kier alpha value is -4.49. The average Bonchev–Trinajstić information content (AvgIpc) is 3.75. The summed E-state index contributed by atoms with van der Waals surface area (Å²) in [6.45, 7) is 0. The molecule has 2 aromatic carbocycles. The van der Waals surface area contributed by atoms with Gasteiger partial charge in [0.25, 0.3) is 0 Å². The summed E-state index contributed by atoms with van der Waals surface area (Å²) in [5.41, 5.74) is 9.25. The summed E-state index contributed by atoms with van der Waals surface area (Å²) in [4.78, 5) is 17.5. The second-order valence-electron chi connectivity index (χ2n) is 11.5. The predicted octanol–water partition coefficient (Wildman–Crippen LogP) is 6.80. The van der Waals surface area contributed by atoms with Crippen LogP contribution in [0, 0.1) is 0 Å². The fourth-order valence-electron chi connectivity index (χ4n) is 5.72. The second kappa shape index (κ2) is 16.9. The Kier molecular flexibility index (Phi) is 12.2. The maximum atomic E-state index is 5.63. The number of benzene rings is 2. The number of thioether (sulfide) groups is 1. The van der Waals surface area contributed by atoms with Crippen LogP contribution in [0.3, 0.4) is 0 Å². The quantitative estimate of drug-likeness (QED) is 0.149. The maximum Gasteiger partial charge on any atom is 0.224 e. The van der Waals surface area contributed by atoms with Gasteiger partial charge >= 0.3 is 0 Å². The van der Waals surface area contributed by atoms with Crippen molar-refractivity contribution in [3.63, 3.8) is 0 Å². The first kappa shape index (κ1) is 33.9. The van der Waals surface area contributed by atoms with Gasteiger partial charge < -0.3 is 11.1 Å². The largest absolute Gasteiger partial charge is 0.351 e. The van der Waals surface area contributed by atoms with Crippen LogP contribution in [-0.4, -0.2) is 68.3 Å². The van der Waals surface area contributed by atoms with Gasteiger partial charge in [-0.25, -0.2) is 15.0 Å². The van der Waals surface area contributed by atoms with Gasteiger partial charge in [0, 0.05) is 36.6 Å². The lowest BCUT2D eigenvalue weighted by atomic mass is 9.96. The van der Waals surface area contributed by atoms with Gasteiger partial charge in [-0.3, -0.25) is 0 Å². The van der Waals surface area contributed by atoms with E-state index >= 15 is 0 Å². The van der Waals surface area contributed by atoms with E-state index in [1.54, 1.807) is 21.8 Å². The third-order valence-corrected chi connectivity index (χ3v) is 8.73. The van der Waals surface area contributed by atoms with Crippen LogP contribution in [0.5, 0.6) is 0 Å². The van der Waals surface area contributed by atoms with Crippen LogP contribution in [0.25, 0.3) is 33.7 Å². The summed E-state index contributed by atoms with van der Waals surface area (Å²) in [5.74, 6) is 2.14. The number of nitrogens with two attached hydrogens (primary N) is 1. The molecule has 0 radical (unpaired) electrons. The molecule has 0 amide bonds. The summed E-state index contributed by atoms with van der Waals surface area (Å²) in [5, 5.41) is 20.8. The Morgan fingerprint density at radius 3 is 1.77 bits per heavy atom. The highest BCUT2D eigenvalue weighted by Gasteiger charge is 2.15. The van der Waals surface area contributed by atoms with Crippen molar-refractivity contribution in [2.75, 3.05) is 11.6 Å². The fraction of sp³-hybridized carbons (Fsp3) is 0.412. The Labute approximate surface area is 280 Å².